The van der Waals surface area contributed by atoms with E-state index in [1.54, 1.807) is 0 Å². The predicted molar refractivity (Wildman–Crippen MR) is 300 cm³/mol. The minimum atomic E-state index is -1.53. The molecule has 6 aromatic rings. The second-order valence-corrected chi connectivity index (χ2v) is 23.5. The summed E-state index contributed by atoms with van der Waals surface area (Å²) < 4.78 is 0. The molecule has 0 aliphatic rings. The van der Waals surface area contributed by atoms with Gasteiger partial charge >= 0.3 is 0 Å². The Balaban J connectivity index is 1.77. The van der Waals surface area contributed by atoms with E-state index in [1.807, 2.05) is 0 Å². The van der Waals surface area contributed by atoms with E-state index in [4.69, 9.17) is 325 Å². The average molecular weight is 1450 g/mol. The van der Waals surface area contributed by atoms with E-state index in [1.165, 1.54) is 0 Å². The van der Waals surface area contributed by atoms with Crippen LogP contribution >= 0.6 is 325 Å². The molecule has 0 amide bonds. The molecule has 0 fully saturated rings. The van der Waals surface area contributed by atoms with Crippen LogP contribution in [0.2, 0.25) is 141 Å². The first-order chi connectivity index (χ1) is 30.5. The van der Waals surface area contributed by atoms with Crippen LogP contribution in [0.1, 0.15) is 45.2 Å². The Morgan fingerprint density at radius 1 is 0.121 bits per heavy atom. The molecule has 350 valence electrons. The van der Waals surface area contributed by atoms with Crippen LogP contribution in [0, 0.1) is 0 Å². The highest BCUT2D eigenvalue weighted by molar-refractivity contribution is 6.61. The van der Waals surface area contributed by atoms with Gasteiger partial charge in [-0.05, 0) is 0 Å². The van der Waals surface area contributed by atoms with Crippen LogP contribution in [0.4, 0.5) is 0 Å². The highest BCUT2D eigenvalue weighted by Crippen LogP contribution is 2.63. The largest absolute Gasteiger partial charge is 0.0823 e. The molecule has 0 aliphatic heterocycles. The molecule has 0 aromatic heterocycles. The Hall–Kier alpha value is 3.44. The molecule has 0 aliphatic carbocycles. The maximum absolute atomic E-state index is 7.22. The van der Waals surface area contributed by atoms with Crippen LogP contribution in [0.5, 0.6) is 0 Å². The number of benzene rings is 6. The minimum Gasteiger partial charge on any atom is -0.0823 e. The van der Waals surface area contributed by atoms with E-state index in [-0.39, 0.29) is 165 Å². The smallest absolute Gasteiger partial charge is 0.0809 e. The van der Waals surface area contributed by atoms with Crippen molar-refractivity contribution in [3.05, 3.63) is 174 Å². The molecule has 66 heavy (non-hydrogen) atoms. The van der Waals surface area contributed by atoms with Crippen molar-refractivity contribution in [1.82, 2.24) is 0 Å². The molecule has 0 saturated heterocycles. The first-order valence-corrected chi connectivity index (χ1v) is 26.9. The normalized spacial score (nSPS) is 11.9. The molecule has 28 heteroatoms. The molecule has 0 nitrogen and oxygen atoms in total. The van der Waals surface area contributed by atoms with E-state index in [0.717, 1.165) is 0 Å². The van der Waals surface area contributed by atoms with Crippen molar-refractivity contribution in [1.29, 1.82) is 0 Å². The van der Waals surface area contributed by atoms with E-state index < -0.39 is 31.9 Å². The lowest BCUT2D eigenvalue weighted by Crippen LogP contribution is -2.12. The van der Waals surface area contributed by atoms with Gasteiger partial charge in [0, 0.05) is 56.3 Å². The van der Waals surface area contributed by atoms with Crippen LogP contribution in [-0.4, -0.2) is 0 Å². The quantitative estimate of drug-likeness (QED) is 0.0849. The van der Waals surface area contributed by atoms with E-state index in [2.05, 4.69) is 0 Å². The monoisotopic (exact) mass is 1440 g/mol. The van der Waals surface area contributed by atoms with Gasteiger partial charge in [0.15, 0.2) is 0 Å². The minimum absolute atomic E-state index is 0.128. The maximum Gasteiger partial charge on any atom is 0.0809 e. The van der Waals surface area contributed by atoms with Gasteiger partial charge in [0.1, 0.15) is 0 Å². The van der Waals surface area contributed by atoms with E-state index in [0.29, 0.717) is 0 Å². The maximum atomic E-state index is 7.22. The lowest BCUT2D eigenvalue weighted by molar-refractivity contribution is 0.978. The standard InChI is InChI=1S/C38H2Cl28/c39-11-3(1(5-19(47)27(55)35(63)28(56)20(5)48)6-21(49)29(57)36(64)30(58)22(6)50)12(40)16(44)9(15(11)43)10-17(45)13(41)4(14(42)18(10)46)2(7-23(51)31(59)37(65)32(60)24(7)52)8-25(53)33(61)38(66)34(62)26(8)54/h1-2H. The van der Waals surface area contributed by atoms with Crippen molar-refractivity contribution >= 4 is 325 Å². The van der Waals surface area contributed by atoms with Gasteiger partial charge in [0.2, 0.25) is 0 Å². The van der Waals surface area contributed by atoms with Gasteiger partial charge in [0.25, 0.3) is 0 Å². The Morgan fingerprint density at radius 3 is 0.333 bits per heavy atom. The molecular formula is C38H2Cl28. The van der Waals surface area contributed by atoms with Gasteiger partial charge in [-0.3, -0.25) is 0 Å². The molecule has 0 radical (unpaired) electrons. The third kappa shape index (κ3) is 9.67. The summed E-state index contributed by atoms with van der Waals surface area (Å²) in [6, 6.07) is 0. The van der Waals surface area contributed by atoms with Gasteiger partial charge in [-0.1, -0.05) is 325 Å². The Kier molecular flexibility index (Phi) is 20.1. The summed E-state index contributed by atoms with van der Waals surface area (Å²) >= 11 is 190. The van der Waals surface area contributed by atoms with Crippen LogP contribution < -0.4 is 0 Å². The lowest BCUT2D eigenvalue weighted by atomic mass is 9.82. The van der Waals surface area contributed by atoms with Crippen LogP contribution in [-0.2, 0) is 0 Å². The Bertz CT molecular complexity index is 2620. The molecule has 0 atom stereocenters. The zero-order valence-electron chi connectivity index (χ0n) is 29.7. The van der Waals surface area contributed by atoms with Gasteiger partial charge in [-0.2, -0.15) is 0 Å². The van der Waals surface area contributed by atoms with Crippen LogP contribution in [0.25, 0.3) is 11.1 Å². The highest BCUT2D eigenvalue weighted by atomic mass is 35.5. The summed E-state index contributed by atoms with van der Waals surface area (Å²) in [4.78, 5) is 0. The first-order valence-electron chi connectivity index (χ1n) is 16.3. The van der Waals surface area contributed by atoms with E-state index >= 15 is 0 Å². The summed E-state index contributed by atoms with van der Waals surface area (Å²) in [6.07, 6.45) is 0. The molecule has 0 saturated carbocycles. The summed E-state index contributed by atoms with van der Waals surface area (Å²) in [5.41, 5.74) is -1.36. The SMILES string of the molecule is Clc1c(Cl)c(Cl)c(C(c2c(Cl)c(Cl)c(Cl)c(Cl)c2Cl)c2c(Cl)c(Cl)c(-c3c(Cl)c(Cl)c(C(c4c(Cl)c(Cl)c(Cl)c(Cl)c4Cl)c4c(Cl)c(Cl)c(Cl)c(Cl)c4Cl)c(Cl)c3Cl)c(Cl)c2Cl)c(Cl)c1Cl. The van der Waals surface area contributed by atoms with Gasteiger partial charge in [-0.15, -0.1) is 0 Å². The molecular weight excluding hydrogens is 1450 g/mol. The van der Waals surface area contributed by atoms with E-state index in [9.17, 15) is 0 Å². The average Bonchev–Trinajstić information content (AvgIpc) is 3.28. The number of halogens is 28. The topological polar surface area (TPSA) is 0 Å². The second kappa shape index (κ2) is 22.6. The fraction of sp³-hybridized carbons (Fsp3) is 0.0526. The van der Waals surface area contributed by atoms with Crippen molar-refractivity contribution in [2.45, 2.75) is 11.8 Å². The molecule has 0 bridgehead atoms. The van der Waals surface area contributed by atoms with Crippen molar-refractivity contribution in [2.75, 3.05) is 0 Å². The molecule has 0 N–H and O–H groups in total. The third-order valence-electron chi connectivity index (χ3n) is 9.55. The summed E-state index contributed by atoms with van der Waals surface area (Å²) in [5, 5.41) is -8.28. The highest BCUT2D eigenvalue weighted by Gasteiger charge is 2.41. The van der Waals surface area contributed by atoms with Gasteiger partial charge in [0.05, 0.1) is 141 Å². The zero-order valence-corrected chi connectivity index (χ0v) is 50.9. The van der Waals surface area contributed by atoms with Crippen molar-refractivity contribution in [2.24, 2.45) is 0 Å². The first kappa shape index (κ1) is 58.7. The fourth-order valence-corrected chi connectivity index (χ4v) is 14.6. The number of rotatable bonds is 7. The lowest BCUT2D eigenvalue weighted by Gasteiger charge is -2.30. The summed E-state index contributed by atoms with van der Waals surface area (Å²) in [7, 11) is 0. The molecule has 6 aromatic carbocycles. The molecule has 6 rings (SSSR count). The molecule has 0 heterocycles. The van der Waals surface area contributed by atoms with Crippen molar-refractivity contribution in [3.63, 3.8) is 0 Å². The van der Waals surface area contributed by atoms with Crippen LogP contribution in [0.3, 0.4) is 0 Å². The second-order valence-electron chi connectivity index (χ2n) is 12.9. The van der Waals surface area contributed by atoms with Gasteiger partial charge in [-0.25, -0.2) is 0 Å². The summed E-state index contributed by atoms with van der Waals surface area (Å²) in [5.74, 6) is -3.07. The number of hydrogen-bond acceptors (Lipinski definition) is 0. The fourth-order valence-electron chi connectivity index (χ4n) is 6.61. The zero-order chi connectivity index (χ0) is 49.9. The summed E-state index contributed by atoms with van der Waals surface area (Å²) in [6.45, 7) is 0. The Labute approximate surface area is 514 Å². The van der Waals surface area contributed by atoms with Gasteiger partial charge < -0.3 is 0 Å². The number of hydrogen-bond donors (Lipinski definition) is 0. The Morgan fingerprint density at radius 2 is 0.212 bits per heavy atom. The van der Waals surface area contributed by atoms with Crippen molar-refractivity contribution in [3.8, 4) is 11.1 Å². The van der Waals surface area contributed by atoms with Crippen molar-refractivity contribution < 1.29 is 0 Å². The third-order valence-corrected chi connectivity index (χ3v) is 22.2. The molecule has 0 spiro atoms. The van der Waals surface area contributed by atoms with Crippen LogP contribution in [0.15, 0.2) is 0 Å². The molecule has 0 unspecified atom stereocenters. The predicted octanol–water partition coefficient (Wildman–Crippen LogP) is 28.0.